The summed E-state index contributed by atoms with van der Waals surface area (Å²) < 4.78 is 37.4. The number of aldehydes is 1. The van der Waals surface area contributed by atoms with Gasteiger partial charge in [-0.1, -0.05) is 6.07 Å². The van der Waals surface area contributed by atoms with Crippen LogP contribution in [0.15, 0.2) is 30.6 Å². The largest absolute Gasteiger partial charge is 0.418 e. The molecule has 1 aliphatic rings. The SMILES string of the molecule is O=C[C@@H]1CN(Cc2cnc(Oc3c(F)cccc3F)nc2)CCO1. The molecule has 126 valence electrons. The fraction of sp³-hybridized carbons (Fsp3) is 0.312. The van der Waals surface area contributed by atoms with E-state index in [1.807, 2.05) is 4.90 Å². The molecule has 8 heteroatoms. The number of carbonyl (C=O) groups excluding carboxylic acids is 1. The maximum absolute atomic E-state index is 13.5. The monoisotopic (exact) mass is 335 g/mol. The lowest BCUT2D eigenvalue weighted by molar-refractivity contribution is -0.123. The Morgan fingerprint density at radius 3 is 2.67 bits per heavy atom. The quantitative estimate of drug-likeness (QED) is 0.778. The summed E-state index contributed by atoms with van der Waals surface area (Å²) in [7, 11) is 0. The average Bonchev–Trinajstić information content (AvgIpc) is 2.60. The standard InChI is InChI=1S/C16H15F2N3O3/c17-13-2-1-3-14(18)15(13)24-16-19-6-11(7-20-16)8-21-4-5-23-12(9-21)10-22/h1-3,6-7,10,12H,4-5,8-9H2/t12-/m0/s1. The number of ether oxygens (including phenoxy) is 2. The lowest BCUT2D eigenvalue weighted by atomic mass is 10.2. The second kappa shape index (κ2) is 7.41. The number of hydrogen-bond donors (Lipinski definition) is 0. The van der Waals surface area contributed by atoms with Crippen molar-refractivity contribution in [3.8, 4) is 11.8 Å². The predicted octanol–water partition coefficient (Wildman–Crippen LogP) is 1.95. The Balaban J connectivity index is 1.64. The van der Waals surface area contributed by atoms with Gasteiger partial charge in [0.1, 0.15) is 12.4 Å². The average molecular weight is 335 g/mol. The maximum atomic E-state index is 13.5. The minimum absolute atomic E-state index is 0.143. The third-order valence-electron chi connectivity index (χ3n) is 3.53. The first-order valence-electron chi connectivity index (χ1n) is 7.38. The number of hydrogen-bond acceptors (Lipinski definition) is 6. The first-order valence-corrected chi connectivity index (χ1v) is 7.38. The molecule has 1 fully saturated rings. The highest BCUT2D eigenvalue weighted by molar-refractivity contribution is 5.56. The zero-order chi connectivity index (χ0) is 16.9. The van der Waals surface area contributed by atoms with Gasteiger partial charge in [0, 0.05) is 37.6 Å². The number of nitrogens with zero attached hydrogens (tertiary/aromatic N) is 3. The summed E-state index contributed by atoms with van der Waals surface area (Å²) in [6.45, 7) is 2.23. The van der Waals surface area contributed by atoms with Gasteiger partial charge in [-0.05, 0) is 12.1 Å². The fourth-order valence-corrected chi connectivity index (χ4v) is 2.36. The van der Waals surface area contributed by atoms with Crippen molar-refractivity contribution in [2.45, 2.75) is 12.6 Å². The number of para-hydroxylation sites is 1. The zero-order valence-corrected chi connectivity index (χ0v) is 12.7. The van der Waals surface area contributed by atoms with Crippen molar-refractivity contribution < 1.29 is 23.0 Å². The van der Waals surface area contributed by atoms with Crippen LogP contribution in [0.1, 0.15) is 5.56 Å². The molecule has 0 N–H and O–H groups in total. The van der Waals surface area contributed by atoms with E-state index in [9.17, 15) is 13.6 Å². The number of halogens is 2. The number of rotatable bonds is 5. The van der Waals surface area contributed by atoms with Gasteiger partial charge in [0.25, 0.3) is 0 Å². The van der Waals surface area contributed by atoms with Crippen molar-refractivity contribution in [2.24, 2.45) is 0 Å². The molecule has 0 spiro atoms. The van der Waals surface area contributed by atoms with Crippen LogP contribution >= 0.6 is 0 Å². The Kier molecular flexibility index (Phi) is 5.07. The van der Waals surface area contributed by atoms with E-state index in [1.54, 1.807) is 0 Å². The van der Waals surface area contributed by atoms with Crippen LogP contribution in [0.4, 0.5) is 8.78 Å². The van der Waals surface area contributed by atoms with Crippen LogP contribution in [0.3, 0.4) is 0 Å². The van der Waals surface area contributed by atoms with Gasteiger partial charge in [-0.3, -0.25) is 4.90 Å². The van der Waals surface area contributed by atoms with Crippen molar-refractivity contribution >= 4 is 6.29 Å². The lowest BCUT2D eigenvalue weighted by Gasteiger charge is -2.30. The molecule has 1 aromatic heterocycles. The summed E-state index contributed by atoms with van der Waals surface area (Å²) in [5.74, 6) is -2.18. The molecule has 2 aromatic rings. The van der Waals surface area contributed by atoms with E-state index in [-0.39, 0.29) is 6.01 Å². The zero-order valence-electron chi connectivity index (χ0n) is 12.7. The molecule has 0 bridgehead atoms. The van der Waals surface area contributed by atoms with Gasteiger partial charge in [-0.15, -0.1) is 0 Å². The predicted molar refractivity (Wildman–Crippen MR) is 79.5 cm³/mol. The van der Waals surface area contributed by atoms with E-state index >= 15 is 0 Å². The molecule has 1 aromatic carbocycles. The molecule has 2 heterocycles. The third-order valence-corrected chi connectivity index (χ3v) is 3.53. The van der Waals surface area contributed by atoms with Gasteiger partial charge in [-0.2, -0.15) is 0 Å². The number of benzene rings is 1. The Morgan fingerprint density at radius 1 is 1.29 bits per heavy atom. The molecule has 0 amide bonds. The van der Waals surface area contributed by atoms with Gasteiger partial charge in [0.15, 0.2) is 11.6 Å². The maximum Gasteiger partial charge on any atom is 0.322 e. The molecule has 1 atom stereocenters. The van der Waals surface area contributed by atoms with Gasteiger partial charge < -0.3 is 14.3 Å². The fourth-order valence-electron chi connectivity index (χ4n) is 2.36. The summed E-state index contributed by atoms with van der Waals surface area (Å²) in [6, 6.07) is 3.29. The molecule has 0 aliphatic carbocycles. The first-order chi connectivity index (χ1) is 11.7. The summed E-state index contributed by atoms with van der Waals surface area (Å²) in [5, 5.41) is 0. The highest BCUT2D eigenvalue weighted by Gasteiger charge is 2.20. The highest BCUT2D eigenvalue weighted by Crippen LogP contribution is 2.25. The van der Waals surface area contributed by atoms with E-state index in [0.29, 0.717) is 26.2 Å². The van der Waals surface area contributed by atoms with Gasteiger partial charge >= 0.3 is 6.01 Å². The lowest BCUT2D eigenvalue weighted by Crippen LogP contribution is -2.42. The smallest absolute Gasteiger partial charge is 0.322 e. The van der Waals surface area contributed by atoms with Crippen LogP contribution in [0.5, 0.6) is 11.8 Å². The van der Waals surface area contributed by atoms with E-state index in [2.05, 4.69) is 9.97 Å². The van der Waals surface area contributed by atoms with Crippen molar-refractivity contribution in [1.82, 2.24) is 14.9 Å². The van der Waals surface area contributed by atoms with Crippen molar-refractivity contribution in [3.05, 3.63) is 47.8 Å². The summed E-state index contributed by atoms with van der Waals surface area (Å²) in [5.41, 5.74) is 0.794. The minimum atomic E-state index is -0.823. The minimum Gasteiger partial charge on any atom is -0.418 e. The van der Waals surface area contributed by atoms with Crippen LogP contribution in [0.2, 0.25) is 0 Å². The Labute approximate surface area is 137 Å². The topological polar surface area (TPSA) is 64.6 Å². The van der Waals surface area contributed by atoms with Crippen LogP contribution in [-0.4, -0.2) is 47.0 Å². The van der Waals surface area contributed by atoms with Gasteiger partial charge in [0.05, 0.1) is 6.61 Å². The molecule has 0 unspecified atom stereocenters. The van der Waals surface area contributed by atoms with Crippen LogP contribution in [0.25, 0.3) is 0 Å². The number of carbonyl (C=O) groups is 1. The second-order valence-corrected chi connectivity index (χ2v) is 5.31. The van der Waals surface area contributed by atoms with Crippen molar-refractivity contribution in [3.63, 3.8) is 0 Å². The highest BCUT2D eigenvalue weighted by atomic mass is 19.1. The van der Waals surface area contributed by atoms with Crippen LogP contribution in [-0.2, 0) is 16.1 Å². The third kappa shape index (κ3) is 3.90. The Morgan fingerprint density at radius 2 is 2.00 bits per heavy atom. The number of aromatic nitrogens is 2. The second-order valence-electron chi connectivity index (χ2n) is 5.31. The summed E-state index contributed by atoms with van der Waals surface area (Å²) in [4.78, 5) is 20.8. The molecular formula is C16H15F2N3O3. The molecule has 1 saturated heterocycles. The molecular weight excluding hydrogens is 320 g/mol. The van der Waals surface area contributed by atoms with Crippen molar-refractivity contribution in [2.75, 3.05) is 19.7 Å². The molecule has 0 saturated carbocycles. The Hall–Kier alpha value is -2.45. The summed E-state index contributed by atoms with van der Waals surface area (Å²) >= 11 is 0. The van der Waals surface area contributed by atoms with Gasteiger partial charge in [0.2, 0.25) is 5.75 Å². The Bertz CT molecular complexity index is 692. The molecule has 3 rings (SSSR count). The van der Waals surface area contributed by atoms with E-state index in [4.69, 9.17) is 9.47 Å². The number of morpholine rings is 1. The normalized spacial score (nSPS) is 18.3. The van der Waals surface area contributed by atoms with E-state index in [1.165, 1.54) is 18.5 Å². The van der Waals surface area contributed by atoms with Crippen LogP contribution < -0.4 is 4.74 Å². The first kappa shape index (κ1) is 16.4. The van der Waals surface area contributed by atoms with Crippen LogP contribution in [0, 0.1) is 11.6 Å². The van der Waals surface area contributed by atoms with E-state index < -0.39 is 23.5 Å². The summed E-state index contributed by atoms with van der Waals surface area (Å²) in [6.07, 6.45) is 3.40. The molecule has 0 radical (unpaired) electrons. The molecule has 24 heavy (non-hydrogen) atoms. The van der Waals surface area contributed by atoms with Gasteiger partial charge in [-0.25, -0.2) is 18.7 Å². The molecule has 6 nitrogen and oxygen atoms in total. The molecule has 1 aliphatic heterocycles. The van der Waals surface area contributed by atoms with E-state index in [0.717, 1.165) is 24.0 Å². The van der Waals surface area contributed by atoms with Crippen molar-refractivity contribution in [1.29, 1.82) is 0 Å².